The largest absolute Gasteiger partial charge is 0.458 e. The number of aromatic nitrogens is 4. The van der Waals surface area contributed by atoms with Crippen molar-refractivity contribution in [2.75, 3.05) is 36.9 Å². The Morgan fingerprint density at radius 1 is 1.02 bits per heavy atom. The summed E-state index contributed by atoms with van der Waals surface area (Å²) in [6, 6.07) is 14.7. The van der Waals surface area contributed by atoms with Gasteiger partial charge >= 0.3 is 5.97 Å². The van der Waals surface area contributed by atoms with Crippen LogP contribution >= 0.6 is 0 Å². The second-order valence-corrected chi connectivity index (χ2v) is 11.9. The van der Waals surface area contributed by atoms with Crippen LogP contribution in [0.1, 0.15) is 72.5 Å². The maximum absolute atomic E-state index is 12.4. The SMILES string of the molecule is CC1OC(=O)c2ccc(Nc3cc(N[C@H](CO)c4ccccc4)c(-c4nc(C56CCN(CC5)CC6)no4)cn3)nc2C1C. The third-order valence-electron chi connectivity index (χ3n) is 9.30. The minimum atomic E-state index is -0.380. The van der Waals surface area contributed by atoms with Crippen LogP contribution in [0, 0.1) is 0 Å². The van der Waals surface area contributed by atoms with Crippen LogP contribution in [-0.4, -0.2) is 68.4 Å². The number of cyclic esters (lactones) is 1. The quantitative estimate of drug-likeness (QED) is 0.247. The Bertz CT molecular complexity index is 1620. The molecule has 2 unspecified atom stereocenters. The van der Waals surface area contributed by atoms with E-state index in [0.717, 1.165) is 50.3 Å². The fraction of sp³-hybridized carbons (Fsp3) is 0.406. The smallest absolute Gasteiger partial charge is 0.340 e. The molecule has 3 atom stereocenters. The standard InChI is InChI=1S/C32H35N7O4/c1-19-20(2)42-30(41)22-8-9-26(36-28(19)22)35-27-16-24(34-25(18-40)21-6-4-3-5-7-21)23(17-33-27)29-37-31(38-43-29)32-10-13-39(14-11-32)15-12-32/h3-9,16-17,19-20,25,40H,10-15,18H2,1-2H3,(H2,33,34,35,36)/t19?,20?,25-/m1/s1. The summed E-state index contributed by atoms with van der Waals surface area (Å²) in [6.07, 6.45) is 4.53. The number of aliphatic hydroxyl groups excluding tert-OH is 1. The van der Waals surface area contributed by atoms with Gasteiger partial charge in [-0.2, -0.15) is 4.98 Å². The molecule has 0 radical (unpaired) electrons. The summed E-state index contributed by atoms with van der Waals surface area (Å²) in [6.45, 7) is 6.92. The fourth-order valence-corrected chi connectivity index (χ4v) is 6.38. The Kier molecular flexibility index (Phi) is 7.06. The number of fused-ring (bicyclic) bond motifs is 4. The van der Waals surface area contributed by atoms with Gasteiger partial charge in [0.15, 0.2) is 5.82 Å². The highest BCUT2D eigenvalue weighted by Crippen LogP contribution is 2.42. The lowest BCUT2D eigenvalue weighted by atomic mass is 9.71. The number of hydrogen-bond acceptors (Lipinski definition) is 11. The number of nitrogens with one attached hydrogen (secondary N) is 2. The average molecular weight is 582 g/mol. The van der Waals surface area contributed by atoms with Gasteiger partial charge in [-0.1, -0.05) is 42.4 Å². The number of rotatable bonds is 8. The van der Waals surface area contributed by atoms with Crippen LogP contribution in [0.25, 0.3) is 11.5 Å². The lowest BCUT2D eigenvalue weighted by Crippen LogP contribution is -2.51. The number of piperidine rings is 3. The van der Waals surface area contributed by atoms with Crippen LogP contribution in [0.15, 0.2) is 59.3 Å². The maximum Gasteiger partial charge on any atom is 0.340 e. The molecular weight excluding hydrogens is 546 g/mol. The van der Waals surface area contributed by atoms with Gasteiger partial charge < -0.3 is 29.9 Å². The molecule has 11 heteroatoms. The number of ether oxygens (including phenoxy) is 1. The van der Waals surface area contributed by atoms with Crippen LogP contribution in [0.2, 0.25) is 0 Å². The number of hydrogen-bond donors (Lipinski definition) is 3. The van der Waals surface area contributed by atoms with Gasteiger partial charge in [-0.25, -0.2) is 14.8 Å². The van der Waals surface area contributed by atoms with Gasteiger partial charge in [0.1, 0.15) is 17.7 Å². The second-order valence-electron chi connectivity index (χ2n) is 11.9. The summed E-state index contributed by atoms with van der Waals surface area (Å²) in [7, 11) is 0. The summed E-state index contributed by atoms with van der Waals surface area (Å²) >= 11 is 0. The molecule has 43 heavy (non-hydrogen) atoms. The monoisotopic (exact) mass is 581 g/mol. The Balaban J connectivity index is 1.23. The van der Waals surface area contributed by atoms with Crippen molar-refractivity contribution < 1.29 is 19.2 Å². The van der Waals surface area contributed by atoms with Gasteiger partial charge in [0, 0.05) is 23.6 Å². The minimum absolute atomic E-state index is 0.0409. The Hall–Kier alpha value is -4.35. The Labute approximate surface area is 249 Å². The highest BCUT2D eigenvalue weighted by molar-refractivity contribution is 5.92. The molecule has 3 fully saturated rings. The van der Waals surface area contributed by atoms with Crippen LogP contribution in [0.3, 0.4) is 0 Å². The first-order chi connectivity index (χ1) is 20.9. The number of pyridine rings is 2. The molecule has 3 saturated heterocycles. The molecule has 0 aliphatic carbocycles. The predicted molar refractivity (Wildman–Crippen MR) is 160 cm³/mol. The summed E-state index contributed by atoms with van der Waals surface area (Å²) in [5.74, 6) is 1.83. The molecule has 11 nitrogen and oxygen atoms in total. The van der Waals surface area contributed by atoms with E-state index in [1.165, 1.54) is 0 Å². The number of carbonyl (C=O) groups excluding carboxylic acids is 1. The first-order valence-corrected chi connectivity index (χ1v) is 14.9. The number of anilines is 3. The lowest BCUT2D eigenvalue weighted by molar-refractivity contribution is 0.0235. The molecule has 3 aromatic heterocycles. The van der Waals surface area contributed by atoms with E-state index in [1.807, 2.05) is 50.2 Å². The van der Waals surface area contributed by atoms with Gasteiger partial charge in [0.2, 0.25) is 0 Å². The molecule has 8 rings (SSSR count). The molecule has 4 aliphatic heterocycles. The van der Waals surface area contributed by atoms with Crippen molar-refractivity contribution in [1.29, 1.82) is 0 Å². The van der Waals surface area contributed by atoms with Crippen molar-refractivity contribution >= 4 is 23.3 Å². The zero-order valence-corrected chi connectivity index (χ0v) is 24.3. The molecule has 0 spiro atoms. The molecule has 4 aromatic rings. The van der Waals surface area contributed by atoms with E-state index in [9.17, 15) is 9.90 Å². The molecule has 0 saturated carbocycles. The summed E-state index contributed by atoms with van der Waals surface area (Å²) in [4.78, 5) is 29.2. The normalized spacial score (nSPS) is 25.1. The van der Waals surface area contributed by atoms with E-state index < -0.39 is 0 Å². The van der Waals surface area contributed by atoms with E-state index in [-0.39, 0.29) is 36.1 Å². The molecular formula is C32H35N7O4. The topological polar surface area (TPSA) is 139 Å². The number of benzene rings is 1. The molecule has 7 heterocycles. The second kappa shape index (κ2) is 11.1. The zero-order valence-electron chi connectivity index (χ0n) is 24.3. The van der Waals surface area contributed by atoms with Crippen molar-refractivity contribution in [3.63, 3.8) is 0 Å². The summed E-state index contributed by atoms with van der Waals surface area (Å²) in [5, 5.41) is 21.6. The van der Waals surface area contributed by atoms with Crippen molar-refractivity contribution in [3.05, 3.63) is 77.4 Å². The third-order valence-corrected chi connectivity index (χ3v) is 9.30. The number of carbonyl (C=O) groups is 1. The highest BCUT2D eigenvalue weighted by Gasteiger charge is 2.44. The summed E-state index contributed by atoms with van der Waals surface area (Å²) in [5.41, 5.74) is 3.38. The van der Waals surface area contributed by atoms with Crippen molar-refractivity contribution in [2.24, 2.45) is 0 Å². The van der Waals surface area contributed by atoms with Gasteiger partial charge in [-0.3, -0.25) is 0 Å². The van der Waals surface area contributed by atoms with Gasteiger partial charge in [-0.15, -0.1) is 0 Å². The van der Waals surface area contributed by atoms with Crippen molar-refractivity contribution in [1.82, 2.24) is 25.0 Å². The van der Waals surface area contributed by atoms with Crippen LogP contribution in [0.4, 0.5) is 17.3 Å². The fourth-order valence-electron chi connectivity index (χ4n) is 6.38. The van der Waals surface area contributed by atoms with Crippen molar-refractivity contribution in [3.8, 4) is 11.5 Å². The number of esters is 1. The first-order valence-electron chi connectivity index (χ1n) is 14.9. The maximum atomic E-state index is 12.4. The molecule has 2 bridgehead atoms. The lowest BCUT2D eigenvalue weighted by Gasteiger charge is -2.46. The zero-order chi connectivity index (χ0) is 29.6. The van der Waals surface area contributed by atoms with Gasteiger partial charge in [-0.05, 0) is 63.5 Å². The predicted octanol–water partition coefficient (Wildman–Crippen LogP) is 4.82. The van der Waals surface area contributed by atoms with Gasteiger partial charge in [0.25, 0.3) is 5.89 Å². The molecule has 0 amide bonds. The molecule has 1 aromatic carbocycles. The minimum Gasteiger partial charge on any atom is -0.458 e. The van der Waals surface area contributed by atoms with Gasteiger partial charge in [0.05, 0.1) is 35.2 Å². The number of aliphatic hydroxyl groups is 1. The van der Waals surface area contributed by atoms with Crippen LogP contribution < -0.4 is 10.6 Å². The van der Waals surface area contributed by atoms with E-state index in [1.54, 1.807) is 18.3 Å². The highest BCUT2D eigenvalue weighted by atomic mass is 16.5. The molecule has 3 N–H and O–H groups in total. The Morgan fingerprint density at radius 2 is 1.79 bits per heavy atom. The summed E-state index contributed by atoms with van der Waals surface area (Å²) < 4.78 is 11.3. The van der Waals surface area contributed by atoms with E-state index in [0.29, 0.717) is 40.0 Å². The first kappa shape index (κ1) is 27.5. The van der Waals surface area contributed by atoms with Crippen LogP contribution in [0.5, 0.6) is 0 Å². The average Bonchev–Trinajstić information content (AvgIpc) is 3.55. The molecule has 222 valence electrons. The van der Waals surface area contributed by atoms with E-state index in [4.69, 9.17) is 19.2 Å². The van der Waals surface area contributed by atoms with E-state index in [2.05, 4.69) is 25.7 Å². The third kappa shape index (κ3) is 5.12. The van der Waals surface area contributed by atoms with Crippen LogP contribution in [-0.2, 0) is 10.2 Å². The molecule has 4 aliphatic rings. The van der Waals surface area contributed by atoms with Crippen molar-refractivity contribution in [2.45, 2.75) is 56.6 Å². The van der Waals surface area contributed by atoms with E-state index >= 15 is 0 Å². The Morgan fingerprint density at radius 3 is 2.53 bits per heavy atom. The number of nitrogens with zero attached hydrogens (tertiary/aromatic N) is 5.